The number of aliphatic hydroxyl groups excluding tert-OH is 1. The van der Waals surface area contributed by atoms with Gasteiger partial charge in [0.05, 0.1) is 23.8 Å². The molecule has 0 saturated heterocycles. The summed E-state index contributed by atoms with van der Waals surface area (Å²) >= 11 is 5.89. The van der Waals surface area contributed by atoms with Crippen LogP contribution in [0.4, 0.5) is 0 Å². The van der Waals surface area contributed by atoms with E-state index in [2.05, 4.69) is 9.97 Å². The van der Waals surface area contributed by atoms with Gasteiger partial charge < -0.3 is 14.7 Å². The number of methoxy groups -OCH3 is 1. The molecule has 0 radical (unpaired) electrons. The van der Waals surface area contributed by atoms with Crippen LogP contribution in [0.15, 0.2) is 47.8 Å². The number of likely N-dealkylation sites (N-methyl/N-ethyl adjacent to an activating group) is 1. The molecule has 11 heteroatoms. The Morgan fingerprint density at radius 1 is 1.19 bits per heavy atom. The van der Waals surface area contributed by atoms with Crippen molar-refractivity contribution < 1.29 is 23.1 Å². The van der Waals surface area contributed by atoms with Crippen molar-refractivity contribution in [1.82, 2.24) is 19.2 Å². The maximum Gasteiger partial charge on any atom is 0.273 e. The van der Waals surface area contributed by atoms with Crippen LogP contribution in [-0.2, 0) is 14.8 Å². The maximum atomic E-state index is 13.3. The van der Waals surface area contributed by atoms with Crippen LogP contribution in [0.25, 0.3) is 0 Å². The molecule has 0 unspecified atom stereocenters. The molecule has 0 aliphatic carbocycles. The second kappa shape index (κ2) is 11.7. The lowest BCUT2D eigenvalue weighted by Gasteiger charge is -2.33. The van der Waals surface area contributed by atoms with E-state index in [9.17, 15) is 18.3 Å². The zero-order chi connectivity index (χ0) is 23.9. The minimum absolute atomic E-state index is 0.0817. The normalized spacial score (nSPS) is 14.7. The van der Waals surface area contributed by atoms with E-state index in [4.69, 9.17) is 16.3 Å². The fourth-order valence-corrected chi connectivity index (χ4v) is 5.04. The minimum atomic E-state index is -3.89. The molecule has 1 aromatic carbocycles. The number of amides is 1. The predicted octanol–water partition coefficient (Wildman–Crippen LogP) is 1.92. The second-order valence-corrected chi connectivity index (χ2v) is 9.91. The van der Waals surface area contributed by atoms with E-state index in [0.717, 1.165) is 0 Å². The molecule has 32 heavy (non-hydrogen) atoms. The maximum absolute atomic E-state index is 13.3. The number of carbonyl (C=O) groups excluding carboxylic acids is 1. The topological polar surface area (TPSA) is 113 Å². The number of benzene rings is 1. The summed E-state index contributed by atoms with van der Waals surface area (Å²) < 4.78 is 33.3. The fourth-order valence-electron chi connectivity index (χ4n) is 3.19. The lowest BCUT2D eigenvalue weighted by Crippen LogP contribution is -2.47. The number of hydrogen-bond donors (Lipinski definition) is 1. The quantitative estimate of drug-likeness (QED) is 0.518. The van der Waals surface area contributed by atoms with Crippen molar-refractivity contribution in [3.8, 4) is 0 Å². The first-order chi connectivity index (χ1) is 15.1. The third-order valence-corrected chi connectivity index (χ3v) is 7.41. The number of sulfonamides is 1. The Bertz CT molecular complexity index is 975. The number of nitrogens with zero attached hydrogens (tertiary/aromatic N) is 4. The third kappa shape index (κ3) is 6.46. The summed E-state index contributed by atoms with van der Waals surface area (Å²) in [4.78, 5) is 22.0. The van der Waals surface area contributed by atoms with Crippen LogP contribution in [0, 0.1) is 5.92 Å². The highest BCUT2D eigenvalue weighted by atomic mass is 35.5. The van der Waals surface area contributed by atoms with Crippen molar-refractivity contribution >= 4 is 27.5 Å². The molecular formula is C21H29ClN4O5S. The molecule has 0 spiro atoms. The molecule has 3 atom stereocenters. The molecule has 1 N–H and O–H groups in total. The first kappa shape index (κ1) is 26.1. The van der Waals surface area contributed by atoms with Gasteiger partial charge in [-0.2, -0.15) is 4.31 Å². The first-order valence-electron chi connectivity index (χ1n) is 10.0. The minimum Gasteiger partial charge on any atom is -0.395 e. The molecule has 0 saturated carbocycles. The van der Waals surface area contributed by atoms with E-state index in [-0.39, 0.29) is 42.1 Å². The van der Waals surface area contributed by atoms with Crippen LogP contribution in [0.2, 0.25) is 5.02 Å². The molecule has 176 valence electrons. The number of rotatable bonds is 11. The summed E-state index contributed by atoms with van der Waals surface area (Å²) in [6.45, 7) is 3.42. The van der Waals surface area contributed by atoms with Crippen molar-refractivity contribution in [3.63, 3.8) is 0 Å². The molecule has 0 bridgehead atoms. The van der Waals surface area contributed by atoms with Gasteiger partial charge in [0.2, 0.25) is 10.0 Å². The van der Waals surface area contributed by atoms with Gasteiger partial charge in [0.1, 0.15) is 5.69 Å². The van der Waals surface area contributed by atoms with Crippen LogP contribution in [0.1, 0.15) is 24.3 Å². The highest BCUT2D eigenvalue weighted by Gasteiger charge is 2.33. The summed E-state index contributed by atoms with van der Waals surface area (Å²) in [5.74, 6) is -0.616. The Morgan fingerprint density at radius 3 is 2.38 bits per heavy atom. The zero-order valence-electron chi connectivity index (χ0n) is 18.6. The molecule has 0 aliphatic rings. The van der Waals surface area contributed by atoms with Crippen LogP contribution >= 0.6 is 11.6 Å². The Labute approximate surface area is 194 Å². The number of halogens is 1. The molecule has 0 fully saturated rings. The van der Waals surface area contributed by atoms with E-state index in [1.54, 1.807) is 14.0 Å². The number of aliphatic hydroxyl groups is 1. The van der Waals surface area contributed by atoms with Gasteiger partial charge >= 0.3 is 0 Å². The van der Waals surface area contributed by atoms with Gasteiger partial charge in [0.25, 0.3) is 5.91 Å². The summed E-state index contributed by atoms with van der Waals surface area (Å²) in [5, 5.41) is 10.1. The lowest BCUT2D eigenvalue weighted by atomic mass is 10.0. The molecule has 2 rings (SSSR count). The highest BCUT2D eigenvalue weighted by molar-refractivity contribution is 7.89. The van der Waals surface area contributed by atoms with Gasteiger partial charge in [0.15, 0.2) is 0 Å². The Balaban J connectivity index is 2.19. The monoisotopic (exact) mass is 484 g/mol. The van der Waals surface area contributed by atoms with Crippen LogP contribution < -0.4 is 0 Å². The molecule has 0 aliphatic heterocycles. The summed E-state index contributed by atoms with van der Waals surface area (Å²) in [5.41, 5.74) is 0.207. The molecule has 2 aromatic rings. The highest BCUT2D eigenvalue weighted by Crippen LogP contribution is 2.23. The smallest absolute Gasteiger partial charge is 0.273 e. The zero-order valence-corrected chi connectivity index (χ0v) is 20.1. The van der Waals surface area contributed by atoms with E-state index in [0.29, 0.717) is 5.02 Å². The standard InChI is InChI=1S/C21H29ClN4O5S/c1-15(20(31-4)13-25(3)21(28)19-11-23-9-10-24-19)12-26(16(2)14-27)32(29,30)18-7-5-17(22)6-8-18/h5-11,15-16,20,27H,12-14H2,1-4H3/t15-,16-,20+/m0/s1. The molecule has 9 nitrogen and oxygen atoms in total. The van der Waals surface area contributed by atoms with Crippen LogP contribution in [-0.4, -0.2) is 84.6 Å². The Hall–Kier alpha value is -2.11. The van der Waals surface area contributed by atoms with E-state index >= 15 is 0 Å². The number of carbonyl (C=O) groups is 1. The van der Waals surface area contributed by atoms with Crippen LogP contribution in [0.5, 0.6) is 0 Å². The summed E-state index contributed by atoms with van der Waals surface area (Å²) in [6, 6.07) is 5.21. The van der Waals surface area contributed by atoms with Crippen molar-refractivity contribution in [2.24, 2.45) is 5.92 Å². The van der Waals surface area contributed by atoms with Gasteiger partial charge in [-0.1, -0.05) is 18.5 Å². The average Bonchev–Trinajstić information content (AvgIpc) is 2.80. The van der Waals surface area contributed by atoms with Crippen molar-refractivity contribution in [1.29, 1.82) is 0 Å². The first-order valence-corrected chi connectivity index (χ1v) is 11.9. The van der Waals surface area contributed by atoms with E-state index < -0.39 is 22.2 Å². The average molecular weight is 485 g/mol. The van der Waals surface area contributed by atoms with Gasteiger partial charge in [0, 0.05) is 50.7 Å². The number of aromatic nitrogens is 2. The number of ether oxygens (including phenoxy) is 1. The summed E-state index contributed by atoms with van der Waals surface area (Å²) in [7, 11) is -0.765. The van der Waals surface area contributed by atoms with Crippen LogP contribution in [0.3, 0.4) is 0 Å². The molecule has 1 heterocycles. The Morgan fingerprint density at radius 2 is 1.84 bits per heavy atom. The van der Waals surface area contributed by atoms with E-state index in [1.165, 1.54) is 59.2 Å². The van der Waals surface area contributed by atoms with Gasteiger partial charge in [-0.25, -0.2) is 13.4 Å². The summed E-state index contributed by atoms with van der Waals surface area (Å²) in [6.07, 6.45) is 3.84. The molecular weight excluding hydrogens is 456 g/mol. The lowest BCUT2D eigenvalue weighted by molar-refractivity contribution is 0.0219. The van der Waals surface area contributed by atoms with Crippen molar-refractivity contribution in [3.05, 3.63) is 53.6 Å². The van der Waals surface area contributed by atoms with Gasteiger partial charge in [-0.05, 0) is 37.1 Å². The molecule has 1 amide bonds. The van der Waals surface area contributed by atoms with Gasteiger partial charge in [-0.3, -0.25) is 9.78 Å². The van der Waals surface area contributed by atoms with Crippen molar-refractivity contribution in [2.75, 3.05) is 33.9 Å². The third-order valence-electron chi connectivity index (χ3n) is 5.16. The SMILES string of the molecule is CO[C@H](CN(C)C(=O)c1cnccn1)[C@@H](C)CN([C@@H](C)CO)S(=O)(=O)c1ccc(Cl)cc1. The van der Waals surface area contributed by atoms with Gasteiger partial charge in [-0.15, -0.1) is 0 Å². The Kier molecular flexibility index (Phi) is 9.53. The number of hydrogen-bond acceptors (Lipinski definition) is 7. The largest absolute Gasteiger partial charge is 0.395 e. The fraction of sp³-hybridized carbons (Fsp3) is 0.476. The molecule has 1 aromatic heterocycles. The van der Waals surface area contributed by atoms with E-state index in [1.807, 2.05) is 6.92 Å². The van der Waals surface area contributed by atoms with Crippen molar-refractivity contribution in [2.45, 2.75) is 30.9 Å². The predicted molar refractivity (Wildman–Crippen MR) is 121 cm³/mol. The second-order valence-electron chi connectivity index (χ2n) is 7.59.